The van der Waals surface area contributed by atoms with Crippen LogP contribution in [-0.4, -0.2) is 16.0 Å². The number of rotatable bonds is 5. The van der Waals surface area contributed by atoms with E-state index in [4.69, 9.17) is 0 Å². The van der Waals surface area contributed by atoms with E-state index in [-0.39, 0.29) is 0 Å². The van der Waals surface area contributed by atoms with Crippen molar-refractivity contribution in [1.29, 1.82) is 0 Å². The zero-order valence-electron chi connectivity index (χ0n) is 8.67. The molecule has 0 saturated heterocycles. The fraction of sp³-hybridized carbons (Fsp3) is 0.700. The molecular formula is C10H19N3. The van der Waals surface area contributed by atoms with Crippen molar-refractivity contribution < 1.29 is 0 Å². The van der Waals surface area contributed by atoms with E-state index in [2.05, 4.69) is 36.1 Å². The zero-order chi connectivity index (χ0) is 9.68. The standard InChI is InChI=1S/C10H19N3/c1-8(2)6-9(3)13-7-10-11-4-5-12-10/h4-5,8-9,13H,6-7H2,1-3H3,(H,11,12). The first-order valence-corrected chi connectivity index (χ1v) is 4.90. The first-order chi connectivity index (χ1) is 6.18. The van der Waals surface area contributed by atoms with Crippen molar-refractivity contribution in [2.75, 3.05) is 0 Å². The summed E-state index contributed by atoms with van der Waals surface area (Å²) in [6.07, 6.45) is 4.84. The molecule has 0 aliphatic heterocycles. The van der Waals surface area contributed by atoms with Crippen molar-refractivity contribution in [3.63, 3.8) is 0 Å². The Morgan fingerprint density at radius 3 is 2.77 bits per heavy atom. The molecule has 13 heavy (non-hydrogen) atoms. The number of nitrogens with zero attached hydrogens (tertiary/aromatic N) is 1. The fourth-order valence-corrected chi connectivity index (χ4v) is 1.46. The van der Waals surface area contributed by atoms with Gasteiger partial charge in [-0.3, -0.25) is 0 Å². The van der Waals surface area contributed by atoms with Crippen LogP contribution in [0.3, 0.4) is 0 Å². The van der Waals surface area contributed by atoms with Crippen LogP contribution >= 0.6 is 0 Å². The van der Waals surface area contributed by atoms with E-state index in [1.807, 2.05) is 6.20 Å². The SMILES string of the molecule is CC(C)CC(C)NCc1ncc[nH]1. The average Bonchev–Trinajstić information content (AvgIpc) is 2.51. The van der Waals surface area contributed by atoms with Gasteiger partial charge in [0.15, 0.2) is 0 Å². The molecule has 1 atom stereocenters. The van der Waals surface area contributed by atoms with Gasteiger partial charge in [0.05, 0.1) is 6.54 Å². The second kappa shape index (κ2) is 5.02. The molecule has 0 radical (unpaired) electrons. The molecule has 1 aromatic rings. The maximum absolute atomic E-state index is 4.15. The average molecular weight is 181 g/mol. The molecule has 0 aromatic carbocycles. The number of aromatic amines is 1. The van der Waals surface area contributed by atoms with Crippen LogP contribution in [0, 0.1) is 5.92 Å². The van der Waals surface area contributed by atoms with Crippen LogP contribution in [0.1, 0.15) is 33.0 Å². The molecule has 0 fully saturated rings. The summed E-state index contributed by atoms with van der Waals surface area (Å²) in [4.78, 5) is 7.22. The van der Waals surface area contributed by atoms with Crippen molar-refractivity contribution in [1.82, 2.24) is 15.3 Å². The van der Waals surface area contributed by atoms with E-state index in [1.165, 1.54) is 6.42 Å². The fourth-order valence-electron chi connectivity index (χ4n) is 1.46. The second-order valence-electron chi connectivity index (χ2n) is 3.95. The van der Waals surface area contributed by atoms with Crippen LogP contribution in [0.15, 0.2) is 12.4 Å². The molecule has 0 spiro atoms. The Kier molecular flexibility index (Phi) is 3.96. The summed E-state index contributed by atoms with van der Waals surface area (Å²) in [5.74, 6) is 1.76. The van der Waals surface area contributed by atoms with Gasteiger partial charge >= 0.3 is 0 Å². The van der Waals surface area contributed by atoms with Crippen LogP contribution in [0.25, 0.3) is 0 Å². The molecule has 1 rings (SSSR count). The van der Waals surface area contributed by atoms with Gasteiger partial charge in [-0.15, -0.1) is 0 Å². The van der Waals surface area contributed by atoms with Gasteiger partial charge in [-0.25, -0.2) is 4.98 Å². The number of nitrogens with one attached hydrogen (secondary N) is 2. The molecule has 2 N–H and O–H groups in total. The zero-order valence-corrected chi connectivity index (χ0v) is 8.67. The third-order valence-electron chi connectivity index (χ3n) is 2.00. The molecule has 1 unspecified atom stereocenters. The van der Waals surface area contributed by atoms with Crippen molar-refractivity contribution in [3.8, 4) is 0 Å². The van der Waals surface area contributed by atoms with E-state index < -0.39 is 0 Å². The van der Waals surface area contributed by atoms with Crippen LogP contribution in [0.4, 0.5) is 0 Å². The van der Waals surface area contributed by atoms with Crippen molar-refractivity contribution in [3.05, 3.63) is 18.2 Å². The summed E-state index contributed by atoms with van der Waals surface area (Å²) >= 11 is 0. The van der Waals surface area contributed by atoms with Gasteiger partial charge in [0, 0.05) is 18.4 Å². The Labute approximate surface area is 80.0 Å². The van der Waals surface area contributed by atoms with E-state index in [0.717, 1.165) is 18.3 Å². The van der Waals surface area contributed by atoms with Crippen molar-refractivity contribution in [2.45, 2.75) is 39.8 Å². The largest absolute Gasteiger partial charge is 0.348 e. The minimum absolute atomic E-state index is 0.560. The van der Waals surface area contributed by atoms with Gasteiger partial charge in [0.25, 0.3) is 0 Å². The molecule has 3 nitrogen and oxygen atoms in total. The van der Waals surface area contributed by atoms with Gasteiger partial charge in [-0.05, 0) is 19.3 Å². The van der Waals surface area contributed by atoms with E-state index in [1.54, 1.807) is 6.20 Å². The van der Waals surface area contributed by atoms with Gasteiger partial charge in [-0.1, -0.05) is 13.8 Å². The Bertz CT molecular complexity index is 216. The quantitative estimate of drug-likeness (QED) is 0.728. The molecule has 1 heterocycles. The van der Waals surface area contributed by atoms with E-state index in [9.17, 15) is 0 Å². The summed E-state index contributed by atoms with van der Waals surface area (Å²) in [5.41, 5.74) is 0. The third-order valence-corrected chi connectivity index (χ3v) is 2.00. The Morgan fingerprint density at radius 1 is 1.46 bits per heavy atom. The Morgan fingerprint density at radius 2 is 2.23 bits per heavy atom. The Hall–Kier alpha value is -0.830. The second-order valence-corrected chi connectivity index (χ2v) is 3.95. The minimum atomic E-state index is 0.560. The topological polar surface area (TPSA) is 40.7 Å². The highest BCUT2D eigenvalue weighted by Crippen LogP contribution is 2.03. The monoisotopic (exact) mass is 181 g/mol. The van der Waals surface area contributed by atoms with Gasteiger partial charge in [0.2, 0.25) is 0 Å². The molecule has 0 aliphatic carbocycles. The summed E-state index contributed by atoms with van der Waals surface area (Å²) in [6.45, 7) is 7.53. The predicted octanol–water partition coefficient (Wildman–Crippen LogP) is 1.93. The lowest BCUT2D eigenvalue weighted by Gasteiger charge is -2.14. The van der Waals surface area contributed by atoms with Crippen LogP contribution in [-0.2, 0) is 6.54 Å². The van der Waals surface area contributed by atoms with Crippen molar-refractivity contribution >= 4 is 0 Å². The van der Waals surface area contributed by atoms with Crippen LogP contribution in [0.2, 0.25) is 0 Å². The van der Waals surface area contributed by atoms with E-state index >= 15 is 0 Å². The maximum Gasteiger partial charge on any atom is 0.120 e. The first kappa shape index (κ1) is 10.3. The number of imidazole rings is 1. The van der Waals surface area contributed by atoms with Gasteiger partial charge in [-0.2, -0.15) is 0 Å². The molecule has 0 amide bonds. The summed E-state index contributed by atoms with van der Waals surface area (Å²) in [5, 5.41) is 3.42. The smallest absolute Gasteiger partial charge is 0.120 e. The molecular weight excluding hydrogens is 162 g/mol. The highest BCUT2D eigenvalue weighted by atomic mass is 15.0. The summed E-state index contributed by atoms with van der Waals surface area (Å²) in [6, 6.07) is 0.560. The number of aromatic nitrogens is 2. The van der Waals surface area contributed by atoms with Crippen LogP contribution < -0.4 is 5.32 Å². The molecule has 0 aliphatic rings. The minimum Gasteiger partial charge on any atom is -0.348 e. The van der Waals surface area contributed by atoms with Crippen molar-refractivity contribution in [2.24, 2.45) is 5.92 Å². The summed E-state index contributed by atoms with van der Waals surface area (Å²) in [7, 11) is 0. The third kappa shape index (κ3) is 4.08. The molecule has 1 aromatic heterocycles. The Balaban J connectivity index is 2.19. The highest BCUT2D eigenvalue weighted by Gasteiger charge is 2.04. The number of hydrogen-bond acceptors (Lipinski definition) is 2. The lowest BCUT2D eigenvalue weighted by atomic mass is 10.1. The molecule has 3 heteroatoms. The summed E-state index contributed by atoms with van der Waals surface area (Å²) < 4.78 is 0. The lowest BCUT2D eigenvalue weighted by Crippen LogP contribution is -2.27. The first-order valence-electron chi connectivity index (χ1n) is 4.90. The maximum atomic E-state index is 4.15. The predicted molar refractivity (Wildman–Crippen MR) is 54.3 cm³/mol. The van der Waals surface area contributed by atoms with Crippen LogP contribution in [0.5, 0.6) is 0 Å². The normalized spacial score (nSPS) is 13.5. The molecule has 0 saturated carbocycles. The number of H-pyrrole nitrogens is 1. The molecule has 0 bridgehead atoms. The van der Waals surface area contributed by atoms with Gasteiger partial charge in [0.1, 0.15) is 5.82 Å². The van der Waals surface area contributed by atoms with Gasteiger partial charge < -0.3 is 10.3 Å². The lowest BCUT2D eigenvalue weighted by molar-refractivity contribution is 0.437. The highest BCUT2D eigenvalue weighted by molar-refractivity contribution is 4.86. The van der Waals surface area contributed by atoms with E-state index in [0.29, 0.717) is 6.04 Å². The molecule has 74 valence electrons. The number of hydrogen-bond donors (Lipinski definition) is 2.